The molecule has 1 N–H and O–H groups in total. The van der Waals surface area contributed by atoms with Gasteiger partial charge in [-0.25, -0.2) is 0 Å². The Hall–Kier alpha value is -1.28. The van der Waals surface area contributed by atoms with Crippen molar-refractivity contribution in [2.45, 2.75) is 13.3 Å². The van der Waals surface area contributed by atoms with E-state index in [0.29, 0.717) is 5.75 Å². The van der Waals surface area contributed by atoms with Crippen LogP contribution < -0.4 is 0 Å². The van der Waals surface area contributed by atoms with E-state index in [1.165, 1.54) is 5.56 Å². The molecular formula is C14H13BrO. The van der Waals surface area contributed by atoms with Gasteiger partial charge in [0, 0.05) is 10.9 Å². The number of aromatic hydroxyl groups is 1. The molecule has 0 atom stereocenters. The van der Waals surface area contributed by atoms with Gasteiger partial charge in [-0.15, -0.1) is 0 Å². The van der Waals surface area contributed by atoms with E-state index in [2.05, 4.69) is 28.1 Å². The molecule has 0 saturated heterocycles. The molecule has 16 heavy (non-hydrogen) atoms. The monoisotopic (exact) mass is 276 g/mol. The van der Waals surface area contributed by atoms with Gasteiger partial charge in [0.2, 0.25) is 0 Å². The van der Waals surface area contributed by atoms with Crippen LogP contribution in [-0.2, 0) is 6.42 Å². The minimum absolute atomic E-state index is 0.405. The fourth-order valence-electron chi connectivity index (χ4n) is 1.73. The van der Waals surface area contributed by atoms with E-state index in [9.17, 15) is 5.11 Å². The van der Waals surface area contributed by atoms with Crippen LogP contribution in [0.4, 0.5) is 0 Å². The molecule has 2 rings (SSSR count). The molecule has 0 aliphatic heterocycles. The van der Waals surface area contributed by atoms with Crippen LogP contribution in [0, 0.1) is 6.92 Å². The third kappa shape index (κ3) is 2.45. The number of rotatable bonds is 2. The molecule has 2 aromatic carbocycles. The first-order chi connectivity index (χ1) is 7.66. The molecule has 0 aliphatic rings. The second-order valence-electron chi connectivity index (χ2n) is 3.89. The van der Waals surface area contributed by atoms with Crippen molar-refractivity contribution in [1.29, 1.82) is 0 Å². The summed E-state index contributed by atoms with van der Waals surface area (Å²) < 4.78 is 1.07. The lowest BCUT2D eigenvalue weighted by molar-refractivity contribution is 0.465. The van der Waals surface area contributed by atoms with Crippen LogP contribution in [0.3, 0.4) is 0 Å². The normalized spacial score (nSPS) is 10.4. The van der Waals surface area contributed by atoms with Gasteiger partial charge < -0.3 is 5.11 Å². The fraction of sp³-hybridized carbons (Fsp3) is 0.143. The Labute approximate surface area is 104 Å². The molecular weight excluding hydrogens is 264 g/mol. The Bertz CT molecular complexity index is 506. The molecule has 0 saturated carbocycles. The second-order valence-corrected chi connectivity index (χ2v) is 4.81. The summed E-state index contributed by atoms with van der Waals surface area (Å²) in [6.45, 7) is 1.92. The minimum Gasteiger partial charge on any atom is -0.507 e. The van der Waals surface area contributed by atoms with Crippen molar-refractivity contribution in [3.05, 3.63) is 63.6 Å². The molecule has 2 heteroatoms. The van der Waals surface area contributed by atoms with Crippen molar-refractivity contribution in [3.8, 4) is 5.75 Å². The smallest absolute Gasteiger partial charge is 0.122 e. The molecule has 0 spiro atoms. The van der Waals surface area contributed by atoms with Gasteiger partial charge in [-0.3, -0.25) is 0 Å². The lowest BCUT2D eigenvalue weighted by atomic mass is 10.0. The van der Waals surface area contributed by atoms with Crippen molar-refractivity contribution in [3.63, 3.8) is 0 Å². The molecule has 1 nitrogen and oxygen atoms in total. The molecule has 0 amide bonds. The largest absolute Gasteiger partial charge is 0.507 e. The number of para-hydroxylation sites is 1. The van der Waals surface area contributed by atoms with E-state index in [0.717, 1.165) is 22.0 Å². The summed E-state index contributed by atoms with van der Waals surface area (Å²) in [5, 5.41) is 9.92. The third-order valence-electron chi connectivity index (χ3n) is 2.60. The summed E-state index contributed by atoms with van der Waals surface area (Å²) in [5.74, 6) is 0.405. The predicted octanol–water partition coefficient (Wildman–Crippen LogP) is 4.05. The Morgan fingerprint density at radius 3 is 2.62 bits per heavy atom. The standard InChI is InChI=1S/C14H13BrO/c1-10-4-2-6-12(14(10)16)8-11-5-3-7-13(15)9-11/h2-7,9,16H,8H2,1H3. The third-order valence-corrected chi connectivity index (χ3v) is 3.10. The maximum Gasteiger partial charge on any atom is 0.122 e. The first-order valence-corrected chi connectivity index (χ1v) is 5.98. The van der Waals surface area contributed by atoms with Crippen molar-refractivity contribution in [2.75, 3.05) is 0 Å². The number of hydrogen-bond donors (Lipinski definition) is 1. The average molecular weight is 277 g/mol. The number of halogens is 1. The predicted molar refractivity (Wildman–Crippen MR) is 69.8 cm³/mol. The lowest BCUT2D eigenvalue weighted by Gasteiger charge is -2.07. The van der Waals surface area contributed by atoms with Gasteiger partial charge in [-0.1, -0.05) is 46.3 Å². The zero-order valence-corrected chi connectivity index (χ0v) is 10.7. The molecule has 0 heterocycles. The molecule has 0 bridgehead atoms. The van der Waals surface area contributed by atoms with E-state index < -0.39 is 0 Å². The van der Waals surface area contributed by atoms with Crippen LogP contribution in [0.25, 0.3) is 0 Å². The van der Waals surface area contributed by atoms with Gasteiger partial charge in [0.15, 0.2) is 0 Å². The van der Waals surface area contributed by atoms with Crippen LogP contribution in [0.5, 0.6) is 5.75 Å². The van der Waals surface area contributed by atoms with E-state index >= 15 is 0 Å². The highest BCUT2D eigenvalue weighted by atomic mass is 79.9. The Morgan fingerprint density at radius 2 is 1.88 bits per heavy atom. The summed E-state index contributed by atoms with van der Waals surface area (Å²) in [4.78, 5) is 0. The summed E-state index contributed by atoms with van der Waals surface area (Å²) in [6, 6.07) is 14.0. The Morgan fingerprint density at radius 1 is 1.12 bits per heavy atom. The number of phenols is 1. The molecule has 0 aromatic heterocycles. The molecule has 0 fully saturated rings. The van der Waals surface area contributed by atoms with Crippen LogP contribution in [0.1, 0.15) is 16.7 Å². The van der Waals surface area contributed by atoms with E-state index in [-0.39, 0.29) is 0 Å². The van der Waals surface area contributed by atoms with Crippen molar-refractivity contribution in [2.24, 2.45) is 0 Å². The SMILES string of the molecule is Cc1cccc(Cc2cccc(Br)c2)c1O. The molecule has 82 valence electrons. The van der Waals surface area contributed by atoms with Crippen LogP contribution in [0.15, 0.2) is 46.9 Å². The average Bonchev–Trinajstić information content (AvgIpc) is 2.25. The Kier molecular flexibility index (Phi) is 3.30. The number of phenolic OH excluding ortho intramolecular Hbond substituents is 1. The molecule has 0 radical (unpaired) electrons. The van der Waals surface area contributed by atoms with Crippen LogP contribution >= 0.6 is 15.9 Å². The summed E-state index contributed by atoms with van der Waals surface area (Å²) in [7, 11) is 0. The number of aryl methyl sites for hydroxylation is 1. The minimum atomic E-state index is 0.405. The van der Waals surface area contributed by atoms with E-state index in [1.807, 2.05) is 37.3 Å². The highest BCUT2D eigenvalue weighted by Crippen LogP contribution is 2.24. The van der Waals surface area contributed by atoms with Gasteiger partial charge in [0.1, 0.15) is 5.75 Å². The highest BCUT2D eigenvalue weighted by molar-refractivity contribution is 9.10. The van der Waals surface area contributed by atoms with Crippen LogP contribution in [0.2, 0.25) is 0 Å². The number of hydrogen-bond acceptors (Lipinski definition) is 1. The van der Waals surface area contributed by atoms with Crippen molar-refractivity contribution >= 4 is 15.9 Å². The fourth-order valence-corrected chi connectivity index (χ4v) is 2.18. The molecule has 0 unspecified atom stereocenters. The Balaban J connectivity index is 2.31. The molecule has 0 aliphatic carbocycles. The lowest BCUT2D eigenvalue weighted by Crippen LogP contribution is -1.90. The topological polar surface area (TPSA) is 20.2 Å². The first-order valence-electron chi connectivity index (χ1n) is 5.19. The van der Waals surface area contributed by atoms with Gasteiger partial charge in [-0.2, -0.15) is 0 Å². The zero-order valence-electron chi connectivity index (χ0n) is 9.07. The maximum atomic E-state index is 9.92. The summed E-state index contributed by atoms with van der Waals surface area (Å²) in [5.41, 5.74) is 3.08. The van der Waals surface area contributed by atoms with E-state index in [4.69, 9.17) is 0 Å². The van der Waals surface area contributed by atoms with Gasteiger partial charge in [0.25, 0.3) is 0 Å². The van der Waals surface area contributed by atoms with Gasteiger partial charge in [0.05, 0.1) is 0 Å². The maximum absolute atomic E-state index is 9.92. The summed E-state index contributed by atoms with van der Waals surface area (Å²) >= 11 is 3.45. The molecule has 2 aromatic rings. The van der Waals surface area contributed by atoms with Gasteiger partial charge in [-0.05, 0) is 35.7 Å². The highest BCUT2D eigenvalue weighted by Gasteiger charge is 2.04. The summed E-state index contributed by atoms with van der Waals surface area (Å²) in [6.07, 6.45) is 0.757. The van der Waals surface area contributed by atoms with Gasteiger partial charge >= 0.3 is 0 Å². The quantitative estimate of drug-likeness (QED) is 0.877. The second kappa shape index (κ2) is 4.71. The zero-order chi connectivity index (χ0) is 11.5. The first kappa shape index (κ1) is 11.2. The van der Waals surface area contributed by atoms with Crippen molar-refractivity contribution < 1.29 is 5.11 Å². The number of benzene rings is 2. The van der Waals surface area contributed by atoms with E-state index in [1.54, 1.807) is 0 Å². The van der Waals surface area contributed by atoms with Crippen LogP contribution in [-0.4, -0.2) is 5.11 Å². The van der Waals surface area contributed by atoms with Crippen molar-refractivity contribution in [1.82, 2.24) is 0 Å².